The van der Waals surface area contributed by atoms with Crippen molar-refractivity contribution in [3.63, 3.8) is 0 Å². The van der Waals surface area contributed by atoms with Gasteiger partial charge >= 0.3 is 0 Å². The first kappa shape index (κ1) is 15.2. The van der Waals surface area contributed by atoms with Gasteiger partial charge in [-0.25, -0.2) is 8.78 Å². The second kappa shape index (κ2) is 6.99. The van der Waals surface area contributed by atoms with Gasteiger partial charge in [-0.05, 0) is 53.0 Å². The summed E-state index contributed by atoms with van der Waals surface area (Å²) in [5, 5.41) is 3.35. The van der Waals surface area contributed by atoms with E-state index in [0.29, 0.717) is 16.7 Å². The SMILES string of the molecule is CCCNC(Cc1ccc(F)cc1F)c1ccoc1Br. The number of hydrogen-bond acceptors (Lipinski definition) is 2. The van der Waals surface area contributed by atoms with Crippen LogP contribution in [0, 0.1) is 11.6 Å². The van der Waals surface area contributed by atoms with Crippen molar-refractivity contribution < 1.29 is 13.2 Å². The first-order valence-electron chi connectivity index (χ1n) is 6.52. The predicted molar refractivity (Wildman–Crippen MR) is 77.5 cm³/mol. The summed E-state index contributed by atoms with van der Waals surface area (Å²) in [6.07, 6.45) is 2.99. The molecule has 2 rings (SSSR count). The summed E-state index contributed by atoms with van der Waals surface area (Å²) >= 11 is 3.34. The fourth-order valence-electron chi connectivity index (χ4n) is 2.07. The molecular weight excluding hydrogens is 328 g/mol. The van der Waals surface area contributed by atoms with E-state index in [-0.39, 0.29) is 6.04 Å². The maximum absolute atomic E-state index is 13.8. The van der Waals surface area contributed by atoms with Gasteiger partial charge in [0.15, 0.2) is 4.67 Å². The highest BCUT2D eigenvalue weighted by atomic mass is 79.9. The number of benzene rings is 1. The molecule has 5 heteroatoms. The van der Waals surface area contributed by atoms with Gasteiger partial charge in [-0.2, -0.15) is 0 Å². The molecule has 2 nitrogen and oxygen atoms in total. The smallest absolute Gasteiger partial charge is 0.173 e. The third-order valence-electron chi connectivity index (χ3n) is 3.10. The largest absolute Gasteiger partial charge is 0.457 e. The Balaban J connectivity index is 2.21. The Morgan fingerprint density at radius 1 is 1.30 bits per heavy atom. The van der Waals surface area contributed by atoms with Gasteiger partial charge in [0.1, 0.15) is 11.6 Å². The Morgan fingerprint density at radius 2 is 2.10 bits per heavy atom. The van der Waals surface area contributed by atoms with E-state index in [1.807, 2.05) is 6.07 Å². The first-order valence-corrected chi connectivity index (χ1v) is 7.31. The molecule has 2 aromatic rings. The third-order valence-corrected chi connectivity index (χ3v) is 3.75. The van der Waals surface area contributed by atoms with Gasteiger partial charge in [0.25, 0.3) is 0 Å². The summed E-state index contributed by atoms with van der Waals surface area (Å²) in [6, 6.07) is 5.44. The van der Waals surface area contributed by atoms with Gasteiger partial charge in [0, 0.05) is 17.7 Å². The molecule has 1 aromatic carbocycles. The number of halogens is 3. The molecule has 1 N–H and O–H groups in total. The molecule has 1 unspecified atom stereocenters. The van der Waals surface area contributed by atoms with Crippen LogP contribution in [-0.2, 0) is 6.42 Å². The maximum Gasteiger partial charge on any atom is 0.173 e. The van der Waals surface area contributed by atoms with Gasteiger partial charge in [-0.15, -0.1) is 0 Å². The lowest BCUT2D eigenvalue weighted by molar-refractivity contribution is 0.488. The molecule has 0 aliphatic heterocycles. The van der Waals surface area contributed by atoms with Crippen LogP contribution in [0.2, 0.25) is 0 Å². The monoisotopic (exact) mass is 343 g/mol. The van der Waals surface area contributed by atoms with E-state index in [9.17, 15) is 8.78 Å². The van der Waals surface area contributed by atoms with Crippen LogP contribution in [0.5, 0.6) is 0 Å². The lowest BCUT2D eigenvalue weighted by atomic mass is 10.0. The molecule has 0 saturated heterocycles. The summed E-state index contributed by atoms with van der Waals surface area (Å²) in [5.41, 5.74) is 1.41. The highest BCUT2D eigenvalue weighted by molar-refractivity contribution is 9.10. The third kappa shape index (κ3) is 3.67. The predicted octanol–water partition coefficient (Wildman–Crippen LogP) is 4.60. The minimum Gasteiger partial charge on any atom is -0.457 e. The number of nitrogens with one attached hydrogen (secondary N) is 1. The van der Waals surface area contributed by atoms with Crippen molar-refractivity contribution in [3.8, 4) is 0 Å². The van der Waals surface area contributed by atoms with Crippen LogP contribution in [-0.4, -0.2) is 6.54 Å². The summed E-state index contributed by atoms with van der Waals surface area (Å²) in [5.74, 6) is -1.08. The van der Waals surface area contributed by atoms with Gasteiger partial charge in [0.05, 0.1) is 6.26 Å². The van der Waals surface area contributed by atoms with Gasteiger partial charge < -0.3 is 9.73 Å². The molecule has 0 fully saturated rings. The topological polar surface area (TPSA) is 25.2 Å². The van der Waals surface area contributed by atoms with Crippen molar-refractivity contribution in [2.24, 2.45) is 0 Å². The van der Waals surface area contributed by atoms with Crippen molar-refractivity contribution in [1.29, 1.82) is 0 Å². The van der Waals surface area contributed by atoms with Crippen molar-refractivity contribution in [2.75, 3.05) is 6.54 Å². The zero-order chi connectivity index (χ0) is 14.5. The molecule has 0 aliphatic rings. The molecular formula is C15H16BrF2NO. The fourth-order valence-corrected chi connectivity index (χ4v) is 2.59. The van der Waals surface area contributed by atoms with E-state index in [4.69, 9.17) is 4.42 Å². The van der Waals surface area contributed by atoms with Crippen molar-refractivity contribution in [3.05, 3.63) is 58.0 Å². The second-order valence-electron chi connectivity index (χ2n) is 4.60. The summed E-state index contributed by atoms with van der Waals surface area (Å²) in [4.78, 5) is 0. The molecule has 20 heavy (non-hydrogen) atoms. The molecule has 1 aromatic heterocycles. The molecule has 0 bridgehead atoms. The number of rotatable bonds is 6. The molecule has 0 aliphatic carbocycles. The Morgan fingerprint density at radius 3 is 2.70 bits per heavy atom. The number of furan rings is 1. The summed E-state index contributed by atoms with van der Waals surface area (Å²) in [7, 11) is 0. The molecule has 1 atom stereocenters. The van der Waals surface area contributed by atoms with Gasteiger partial charge in [0.2, 0.25) is 0 Å². The minimum atomic E-state index is -0.561. The summed E-state index contributed by atoms with van der Waals surface area (Å²) in [6.45, 7) is 2.87. The highest BCUT2D eigenvalue weighted by Gasteiger charge is 2.18. The maximum atomic E-state index is 13.8. The van der Waals surface area contributed by atoms with Crippen LogP contribution in [0.4, 0.5) is 8.78 Å². The Labute approximate surface area is 125 Å². The molecule has 0 amide bonds. The van der Waals surface area contributed by atoms with Crippen molar-refractivity contribution in [2.45, 2.75) is 25.8 Å². The second-order valence-corrected chi connectivity index (χ2v) is 5.32. The molecule has 108 valence electrons. The van der Waals surface area contributed by atoms with Crippen molar-refractivity contribution >= 4 is 15.9 Å². The van der Waals surface area contributed by atoms with Gasteiger partial charge in [-0.1, -0.05) is 13.0 Å². The zero-order valence-electron chi connectivity index (χ0n) is 11.1. The van der Waals surface area contributed by atoms with Crippen molar-refractivity contribution in [1.82, 2.24) is 5.32 Å². The lowest BCUT2D eigenvalue weighted by Crippen LogP contribution is -2.24. The van der Waals surface area contributed by atoms with E-state index < -0.39 is 11.6 Å². The van der Waals surface area contributed by atoms with Crippen LogP contribution in [0.15, 0.2) is 39.6 Å². The van der Waals surface area contributed by atoms with Crippen LogP contribution in [0.25, 0.3) is 0 Å². The van der Waals surface area contributed by atoms with Crippen LogP contribution in [0.1, 0.15) is 30.5 Å². The standard InChI is InChI=1S/C15H16BrF2NO/c1-2-6-19-14(12-5-7-20-15(12)16)8-10-3-4-11(17)9-13(10)18/h3-5,7,9,14,19H,2,6,8H2,1H3. The van der Waals surface area contributed by atoms with E-state index in [2.05, 4.69) is 28.2 Å². The van der Waals surface area contributed by atoms with Crippen LogP contribution in [0.3, 0.4) is 0 Å². The molecule has 1 heterocycles. The van der Waals surface area contributed by atoms with E-state index in [1.54, 1.807) is 6.26 Å². The minimum absolute atomic E-state index is 0.0805. The molecule has 0 spiro atoms. The zero-order valence-corrected chi connectivity index (χ0v) is 12.7. The first-order chi connectivity index (χ1) is 9.61. The quantitative estimate of drug-likeness (QED) is 0.828. The lowest BCUT2D eigenvalue weighted by Gasteiger charge is -2.18. The highest BCUT2D eigenvalue weighted by Crippen LogP contribution is 2.28. The Hall–Kier alpha value is -1.20. The summed E-state index contributed by atoms with van der Waals surface area (Å²) < 4.78 is 32.6. The van der Waals surface area contributed by atoms with Crippen LogP contribution >= 0.6 is 15.9 Å². The van der Waals surface area contributed by atoms with Crippen LogP contribution < -0.4 is 5.32 Å². The normalized spacial score (nSPS) is 12.6. The van der Waals surface area contributed by atoms with E-state index >= 15 is 0 Å². The molecule has 0 saturated carbocycles. The Bertz CT molecular complexity index is 571. The van der Waals surface area contributed by atoms with E-state index in [0.717, 1.165) is 24.6 Å². The Kier molecular flexibility index (Phi) is 5.31. The fraction of sp³-hybridized carbons (Fsp3) is 0.333. The van der Waals surface area contributed by atoms with E-state index in [1.165, 1.54) is 12.1 Å². The average molecular weight is 344 g/mol. The average Bonchev–Trinajstić information content (AvgIpc) is 2.83. The van der Waals surface area contributed by atoms with Gasteiger partial charge in [-0.3, -0.25) is 0 Å². The number of hydrogen-bond donors (Lipinski definition) is 1. The molecule has 0 radical (unpaired) electrons.